The highest BCUT2D eigenvalue weighted by molar-refractivity contribution is 5.98. The topological polar surface area (TPSA) is 124 Å². The molecule has 1 aliphatic rings. The number of rotatable bonds is 7. The first-order chi connectivity index (χ1) is 16.6. The van der Waals surface area contributed by atoms with Crippen LogP contribution >= 0.6 is 0 Å². The number of methoxy groups -OCH3 is 1. The third-order valence-electron chi connectivity index (χ3n) is 5.68. The molecule has 0 spiro atoms. The van der Waals surface area contributed by atoms with Crippen LogP contribution in [-0.4, -0.2) is 53.4 Å². The number of carbonyl (C=O) groups excluding carboxylic acids is 2. The first-order valence-electron chi connectivity index (χ1n) is 11.0. The Morgan fingerprint density at radius 1 is 1.23 bits per heavy atom. The van der Waals surface area contributed by atoms with Crippen LogP contribution in [0.4, 0.5) is 13.2 Å². The van der Waals surface area contributed by atoms with E-state index in [0.717, 1.165) is 25.6 Å². The van der Waals surface area contributed by atoms with Crippen LogP contribution in [0.1, 0.15) is 47.7 Å². The molecule has 3 heterocycles. The average Bonchev–Trinajstić information content (AvgIpc) is 3.22. The van der Waals surface area contributed by atoms with E-state index in [0.29, 0.717) is 10.9 Å². The van der Waals surface area contributed by atoms with Crippen molar-refractivity contribution in [3.05, 3.63) is 41.4 Å². The number of benzene rings is 1. The van der Waals surface area contributed by atoms with E-state index in [1.807, 2.05) is 0 Å². The minimum Gasteiger partial charge on any atom is -0.494 e. The maximum Gasteiger partial charge on any atom is 0.433 e. The molecule has 35 heavy (non-hydrogen) atoms. The van der Waals surface area contributed by atoms with Crippen LogP contribution in [-0.2, 0) is 11.0 Å². The number of nitrogens with two attached hydrogens (primary N) is 1. The Bertz CT molecular complexity index is 1270. The maximum atomic E-state index is 13.2. The molecule has 12 heteroatoms. The summed E-state index contributed by atoms with van der Waals surface area (Å²) in [6.45, 7) is 3.18. The van der Waals surface area contributed by atoms with E-state index < -0.39 is 23.8 Å². The van der Waals surface area contributed by atoms with Gasteiger partial charge in [-0.25, -0.2) is 9.97 Å². The smallest absolute Gasteiger partial charge is 0.433 e. The number of halogens is 3. The number of nitrogens with zero attached hydrogens (tertiary/aromatic N) is 3. The van der Waals surface area contributed by atoms with Crippen LogP contribution in [0.3, 0.4) is 0 Å². The fourth-order valence-electron chi connectivity index (χ4n) is 3.71. The summed E-state index contributed by atoms with van der Waals surface area (Å²) in [5, 5.41) is 2.94. The molecule has 1 aliphatic heterocycles. The number of hydrogen-bond acceptors (Lipinski definition) is 7. The van der Waals surface area contributed by atoms with Gasteiger partial charge in [-0.2, -0.15) is 13.2 Å². The highest BCUT2D eigenvalue weighted by atomic mass is 19.4. The van der Waals surface area contributed by atoms with Gasteiger partial charge in [0.15, 0.2) is 11.5 Å². The minimum absolute atomic E-state index is 0.00619. The van der Waals surface area contributed by atoms with Gasteiger partial charge in [-0.15, -0.1) is 0 Å². The van der Waals surface area contributed by atoms with E-state index >= 15 is 0 Å². The zero-order valence-electron chi connectivity index (χ0n) is 19.1. The summed E-state index contributed by atoms with van der Waals surface area (Å²) >= 11 is 0. The molecule has 0 radical (unpaired) electrons. The maximum absolute atomic E-state index is 13.2. The summed E-state index contributed by atoms with van der Waals surface area (Å²) in [6, 6.07) is 4.41. The molecule has 0 bridgehead atoms. The number of hydrogen-bond donors (Lipinski definition) is 2. The van der Waals surface area contributed by atoms with Crippen molar-refractivity contribution in [1.29, 1.82) is 0 Å². The molecule has 9 nitrogen and oxygen atoms in total. The molecule has 0 unspecified atom stereocenters. The van der Waals surface area contributed by atoms with Crippen LogP contribution < -0.4 is 15.8 Å². The van der Waals surface area contributed by atoms with Crippen LogP contribution in [0.2, 0.25) is 0 Å². The minimum atomic E-state index is -4.64. The molecular weight excluding hydrogens is 467 g/mol. The SMILES string of the molecule is COc1ccc(-c2nc(C(=O)NCCC(=O)N3CCC3)c([C@H](C)N)o2)c2ccc(C(F)(F)F)nc12. The zero-order valence-corrected chi connectivity index (χ0v) is 19.1. The summed E-state index contributed by atoms with van der Waals surface area (Å²) < 4.78 is 50.6. The number of nitrogens with one attached hydrogen (secondary N) is 1. The number of fused-ring (bicyclic) bond motifs is 1. The lowest BCUT2D eigenvalue weighted by Gasteiger charge is -2.30. The number of oxazole rings is 1. The van der Waals surface area contributed by atoms with E-state index in [1.165, 1.54) is 19.2 Å². The van der Waals surface area contributed by atoms with Gasteiger partial charge >= 0.3 is 6.18 Å². The van der Waals surface area contributed by atoms with Crippen LogP contribution in [0, 0.1) is 0 Å². The Morgan fingerprint density at radius 2 is 1.97 bits per heavy atom. The molecule has 3 aromatic rings. The summed E-state index contributed by atoms with van der Waals surface area (Å²) in [7, 11) is 1.32. The van der Waals surface area contributed by atoms with Crippen LogP contribution in [0.25, 0.3) is 22.4 Å². The predicted octanol–water partition coefficient (Wildman–Crippen LogP) is 3.29. The highest BCUT2D eigenvalue weighted by Gasteiger charge is 2.33. The van der Waals surface area contributed by atoms with Crippen LogP contribution in [0.5, 0.6) is 5.75 Å². The Balaban J connectivity index is 1.66. The van der Waals surface area contributed by atoms with Gasteiger partial charge in [0.05, 0.1) is 13.2 Å². The monoisotopic (exact) mass is 491 g/mol. The lowest BCUT2D eigenvalue weighted by atomic mass is 10.1. The number of aromatic nitrogens is 2. The average molecular weight is 491 g/mol. The standard InChI is InChI=1S/C23H24F3N5O4/c1-12(27)20-19(21(33)28-9-8-17(32)31-10-3-11-31)30-22(35-20)14-4-6-15(34-2)18-13(14)5-7-16(29-18)23(24,25)26/h4-7,12H,3,8-11,27H2,1-2H3,(H,28,33)/t12-/m0/s1. The van der Waals surface area contributed by atoms with E-state index in [9.17, 15) is 22.8 Å². The van der Waals surface area contributed by atoms with Crippen molar-refractivity contribution in [3.63, 3.8) is 0 Å². The van der Waals surface area contributed by atoms with Crippen molar-refractivity contribution in [3.8, 4) is 17.2 Å². The molecule has 4 rings (SSSR count). The lowest BCUT2D eigenvalue weighted by Crippen LogP contribution is -2.43. The number of pyridine rings is 1. The number of carbonyl (C=O) groups is 2. The van der Waals surface area contributed by atoms with Crippen molar-refractivity contribution in [1.82, 2.24) is 20.2 Å². The van der Waals surface area contributed by atoms with E-state index in [1.54, 1.807) is 17.9 Å². The van der Waals surface area contributed by atoms with E-state index in [2.05, 4.69) is 15.3 Å². The predicted molar refractivity (Wildman–Crippen MR) is 120 cm³/mol. The quantitative estimate of drug-likeness (QED) is 0.520. The number of amides is 2. The summed E-state index contributed by atoms with van der Waals surface area (Å²) in [5.41, 5.74) is 5.13. The largest absolute Gasteiger partial charge is 0.494 e. The third-order valence-corrected chi connectivity index (χ3v) is 5.68. The first kappa shape index (κ1) is 24.5. The Labute approximate surface area is 198 Å². The molecule has 186 valence electrons. The molecule has 2 amide bonds. The van der Waals surface area contributed by atoms with E-state index in [4.69, 9.17) is 14.9 Å². The van der Waals surface area contributed by atoms with Crippen molar-refractivity contribution < 1.29 is 31.9 Å². The van der Waals surface area contributed by atoms with Gasteiger partial charge < -0.3 is 25.1 Å². The number of ether oxygens (including phenoxy) is 1. The highest BCUT2D eigenvalue weighted by Crippen LogP contribution is 2.37. The van der Waals surface area contributed by atoms with Crippen molar-refractivity contribution in [2.24, 2.45) is 5.73 Å². The lowest BCUT2D eigenvalue weighted by molar-refractivity contribution is -0.141. The second kappa shape index (κ2) is 9.53. The summed E-state index contributed by atoms with van der Waals surface area (Å²) in [6.07, 6.45) is -3.51. The fraction of sp³-hybridized carbons (Fsp3) is 0.391. The van der Waals surface area contributed by atoms with Crippen molar-refractivity contribution in [2.75, 3.05) is 26.7 Å². The normalized spacial score (nSPS) is 14.5. The molecule has 0 saturated carbocycles. The van der Waals surface area contributed by atoms with Crippen molar-refractivity contribution in [2.45, 2.75) is 32.0 Å². The number of alkyl halides is 3. The molecule has 1 aromatic carbocycles. The van der Waals surface area contributed by atoms with Crippen molar-refractivity contribution >= 4 is 22.7 Å². The van der Waals surface area contributed by atoms with Gasteiger partial charge in [-0.3, -0.25) is 9.59 Å². The number of likely N-dealkylation sites (tertiary alicyclic amines) is 1. The third kappa shape index (κ3) is 4.92. The fourth-order valence-corrected chi connectivity index (χ4v) is 3.71. The van der Waals surface area contributed by atoms with Gasteiger partial charge in [-0.05, 0) is 37.6 Å². The zero-order chi connectivity index (χ0) is 25.3. The summed E-state index contributed by atoms with van der Waals surface area (Å²) in [4.78, 5) is 34.5. The Hall–Kier alpha value is -3.67. The molecule has 1 atom stereocenters. The van der Waals surface area contributed by atoms with Gasteiger partial charge in [0.25, 0.3) is 5.91 Å². The van der Waals surface area contributed by atoms with E-state index in [-0.39, 0.29) is 47.5 Å². The van der Waals surface area contributed by atoms with Gasteiger partial charge in [0.2, 0.25) is 11.8 Å². The second-order valence-corrected chi connectivity index (χ2v) is 8.17. The Morgan fingerprint density at radius 3 is 2.57 bits per heavy atom. The van der Waals surface area contributed by atoms with Gasteiger partial charge in [-0.1, -0.05) is 0 Å². The molecule has 0 aliphatic carbocycles. The second-order valence-electron chi connectivity index (χ2n) is 8.17. The molecule has 1 saturated heterocycles. The van der Waals surface area contributed by atoms with Gasteiger partial charge in [0.1, 0.15) is 17.0 Å². The molecule has 3 N–H and O–H groups in total. The van der Waals surface area contributed by atoms with Crippen LogP contribution in [0.15, 0.2) is 28.7 Å². The van der Waals surface area contributed by atoms with Gasteiger partial charge in [0, 0.05) is 37.0 Å². The molecule has 2 aromatic heterocycles. The molecule has 1 fully saturated rings. The summed E-state index contributed by atoms with van der Waals surface area (Å²) in [5.74, 6) is -0.373. The first-order valence-corrected chi connectivity index (χ1v) is 11.0. The molecular formula is C23H24F3N5O4. The Kier molecular flexibility index (Phi) is 6.66.